The van der Waals surface area contributed by atoms with Crippen LogP contribution in [-0.4, -0.2) is 0 Å². The van der Waals surface area contributed by atoms with Crippen molar-refractivity contribution in [1.29, 1.82) is 0 Å². The molecular formula is C15H21F. The number of hydrogen-bond acceptors (Lipinski definition) is 0. The third-order valence-corrected chi connectivity index (χ3v) is 3.89. The lowest BCUT2D eigenvalue weighted by atomic mass is 9.86. The van der Waals surface area contributed by atoms with Gasteiger partial charge in [0, 0.05) is 0 Å². The van der Waals surface area contributed by atoms with Crippen LogP contribution in [0.4, 0.5) is 4.39 Å². The molecule has 0 aliphatic heterocycles. The van der Waals surface area contributed by atoms with E-state index < -0.39 is 0 Å². The highest BCUT2D eigenvalue weighted by Gasteiger charge is 2.27. The maximum absolute atomic E-state index is 12.9. The van der Waals surface area contributed by atoms with E-state index in [9.17, 15) is 4.39 Å². The Balaban J connectivity index is 2.04. The van der Waals surface area contributed by atoms with Crippen LogP contribution in [0.5, 0.6) is 0 Å². The van der Waals surface area contributed by atoms with E-state index in [2.05, 4.69) is 6.92 Å². The van der Waals surface area contributed by atoms with Crippen molar-refractivity contribution < 1.29 is 4.39 Å². The molecule has 0 bridgehead atoms. The zero-order valence-corrected chi connectivity index (χ0v) is 10.1. The lowest BCUT2D eigenvalue weighted by Gasteiger charge is -2.19. The Morgan fingerprint density at radius 2 is 1.94 bits per heavy atom. The summed E-state index contributed by atoms with van der Waals surface area (Å²) in [5, 5.41) is 0. The number of unbranched alkanes of at least 4 members (excludes halogenated alkanes) is 1. The highest BCUT2D eigenvalue weighted by atomic mass is 19.1. The Morgan fingerprint density at radius 1 is 1.19 bits per heavy atom. The molecule has 0 heterocycles. The van der Waals surface area contributed by atoms with Crippen LogP contribution in [0.2, 0.25) is 0 Å². The normalized spacial score (nSPS) is 24.9. The molecule has 1 aromatic carbocycles. The molecule has 0 N–H and O–H groups in total. The van der Waals surface area contributed by atoms with Gasteiger partial charge in [0.1, 0.15) is 5.82 Å². The molecule has 88 valence electrons. The van der Waals surface area contributed by atoms with Crippen molar-refractivity contribution in [2.24, 2.45) is 5.92 Å². The standard InChI is InChI=1S/C15H21F/c1-2-3-5-12-6-4-7-15(12)13-8-10-14(16)11-9-13/h8-12,15H,2-7H2,1H3/t12?,15-/m0/s1. The second-order valence-corrected chi connectivity index (χ2v) is 4.99. The molecule has 1 aliphatic carbocycles. The number of hydrogen-bond donors (Lipinski definition) is 0. The summed E-state index contributed by atoms with van der Waals surface area (Å²) in [6.07, 6.45) is 7.96. The fraction of sp³-hybridized carbons (Fsp3) is 0.600. The van der Waals surface area contributed by atoms with Gasteiger partial charge in [-0.25, -0.2) is 4.39 Å². The fourth-order valence-corrected chi connectivity index (χ4v) is 3.00. The highest BCUT2D eigenvalue weighted by Crippen LogP contribution is 2.42. The van der Waals surface area contributed by atoms with Crippen LogP contribution in [0.25, 0.3) is 0 Å². The predicted molar refractivity (Wildman–Crippen MR) is 66.0 cm³/mol. The zero-order chi connectivity index (χ0) is 11.4. The second kappa shape index (κ2) is 5.47. The van der Waals surface area contributed by atoms with Crippen LogP contribution in [0.1, 0.15) is 56.9 Å². The maximum Gasteiger partial charge on any atom is 0.123 e. The highest BCUT2D eigenvalue weighted by molar-refractivity contribution is 5.22. The van der Waals surface area contributed by atoms with Gasteiger partial charge in [-0.1, -0.05) is 38.3 Å². The third-order valence-electron chi connectivity index (χ3n) is 3.89. The predicted octanol–water partition coefficient (Wildman–Crippen LogP) is 4.90. The van der Waals surface area contributed by atoms with Crippen LogP contribution in [-0.2, 0) is 0 Å². The van der Waals surface area contributed by atoms with E-state index in [1.807, 2.05) is 12.1 Å². The van der Waals surface area contributed by atoms with Crippen molar-refractivity contribution in [1.82, 2.24) is 0 Å². The van der Waals surface area contributed by atoms with Crippen LogP contribution >= 0.6 is 0 Å². The third kappa shape index (κ3) is 2.63. The minimum absolute atomic E-state index is 0.119. The van der Waals surface area contributed by atoms with Gasteiger partial charge in [0.25, 0.3) is 0 Å². The molecule has 0 radical (unpaired) electrons. The molecule has 1 saturated carbocycles. The molecule has 1 aromatic rings. The average Bonchev–Trinajstić information content (AvgIpc) is 2.75. The second-order valence-electron chi connectivity index (χ2n) is 4.99. The van der Waals surface area contributed by atoms with E-state index in [1.54, 1.807) is 12.1 Å². The largest absolute Gasteiger partial charge is 0.207 e. The summed E-state index contributed by atoms with van der Waals surface area (Å²) >= 11 is 0. The summed E-state index contributed by atoms with van der Waals surface area (Å²) in [5.41, 5.74) is 1.35. The molecule has 1 unspecified atom stereocenters. The van der Waals surface area contributed by atoms with Crippen molar-refractivity contribution in [3.63, 3.8) is 0 Å². The van der Waals surface area contributed by atoms with E-state index in [-0.39, 0.29) is 5.82 Å². The van der Waals surface area contributed by atoms with Crippen LogP contribution in [0.15, 0.2) is 24.3 Å². The Morgan fingerprint density at radius 3 is 2.62 bits per heavy atom. The quantitative estimate of drug-likeness (QED) is 0.677. The SMILES string of the molecule is CCCCC1CCC[C@@H]1c1ccc(F)cc1. The van der Waals surface area contributed by atoms with E-state index >= 15 is 0 Å². The molecular weight excluding hydrogens is 199 g/mol. The van der Waals surface area contributed by atoms with Crippen LogP contribution < -0.4 is 0 Å². The van der Waals surface area contributed by atoms with E-state index in [0.717, 1.165) is 5.92 Å². The van der Waals surface area contributed by atoms with E-state index in [4.69, 9.17) is 0 Å². The number of halogens is 1. The first-order valence-corrected chi connectivity index (χ1v) is 6.56. The molecule has 2 atom stereocenters. The first-order chi connectivity index (χ1) is 7.81. The molecule has 1 fully saturated rings. The fourth-order valence-electron chi connectivity index (χ4n) is 3.00. The average molecular weight is 220 g/mol. The molecule has 2 rings (SSSR count). The van der Waals surface area contributed by atoms with Gasteiger partial charge in [0.15, 0.2) is 0 Å². The van der Waals surface area contributed by atoms with Gasteiger partial charge in [-0.15, -0.1) is 0 Å². The Kier molecular flexibility index (Phi) is 3.98. The van der Waals surface area contributed by atoms with Gasteiger partial charge in [-0.2, -0.15) is 0 Å². The molecule has 1 aliphatic rings. The summed E-state index contributed by atoms with van der Waals surface area (Å²) < 4.78 is 12.9. The van der Waals surface area contributed by atoms with Crippen molar-refractivity contribution in [3.05, 3.63) is 35.6 Å². The lowest BCUT2D eigenvalue weighted by molar-refractivity contribution is 0.432. The molecule has 1 heteroatoms. The zero-order valence-electron chi connectivity index (χ0n) is 10.1. The van der Waals surface area contributed by atoms with Crippen LogP contribution in [0.3, 0.4) is 0 Å². The topological polar surface area (TPSA) is 0 Å². The molecule has 0 aromatic heterocycles. The molecule has 0 amide bonds. The number of rotatable bonds is 4. The van der Waals surface area contributed by atoms with Gasteiger partial charge in [0.2, 0.25) is 0 Å². The minimum Gasteiger partial charge on any atom is -0.207 e. The smallest absolute Gasteiger partial charge is 0.123 e. The van der Waals surface area contributed by atoms with Crippen molar-refractivity contribution in [2.45, 2.75) is 51.4 Å². The van der Waals surface area contributed by atoms with Gasteiger partial charge >= 0.3 is 0 Å². The first-order valence-electron chi connectivity index (χ1n) is 6.56. The van der Waals surface area contributed by atoms with Gasteiger partial charge < -0.3 is 0 Å². The Bertz CT molecular complexity index is 315. The minimum atomic E-state index is -0.119. The Hall–Kier alpha value is -0.850. The summed E-state index contributed by atoms with van der Waals surface area (Å²) in [5.74, 6) is 1.41. The Labute approximate surface area is 97.9 Å². The monoisotopic (exact) mass is 220 g/mol. The number of benzene rings is 1. The molecule has 0 nitrogen and oxygen atoms in total. The summed E-state index contributed by atoms with van der Waals surface area (Å²) in [7, 11) is 0. The molecule has 0 spiro atoms. The summed E-state index contributed by atoms with van der Waals surface area (Å²) in [6.45, 7) is 2.25. The van der Waals surface area contributed by atoms with Gasteiger partial charge in [-0.3, -0.25) is 0 Å². The van der Waals surface area contributed by atoms with Gasteiger partial charge in [-0.05, 0) is 48.8 Å². The van der Waals surface area contributed by atoms with Gasteiger partial charge in [0.05, 0.1) is 0 Å². The van der Waals surface area contributed by atoms with Crippen LogP contribution in [0, 0.1) is 11.7 Å². The molecule has 0 saturated heterocycles. The summed E-state index contributed by atoms with van der Waals surface area (Å²) in [4.78, 5) is 0. The first kappa shape index (κ1) is 11.6. The maximum atomic E-state index is 12.9. The van der Waals surface area contributed by atoms with E-state index in [1.165, 1.54) is 44.1 Å². The van der Waals surface area contributed by atoms with E-state index in [0.29, 0.717) is 5.92 Å². The molecule has 16 heavy (non-hydrogen) atoms. The van der Waals surface area contributed by atoms with Crippen molar-refractivity contribution in [3.8, 4) is 0 Å². The van der Waals surface area contributed by atoms with Crippen molar-refractivity contribution in [2.75, 3.05) is 0 Å². The van der Waals surface area contributed by atoms with Crippen molar-refractivity contribution >= 4 is 0 Å². The summed E-state index contributed by atoms with van der Waals surface area (Å²) in [6, 6.07) is 7.16. The lowest BCUT2D eigenvalue weighted by Crippen LogP contribution is -2.06.